The maximum atomic E-state index is 5.74. The third kappa shape index (κ3) is 3.62. The van der Waals surface area contributed by atoms with Gasteiger partial charge in [0.2, 0.25) is 0 Å². The highest BCUT2D eigenvalue weighted by atomic mass is 15.2. The summed E-state index contributed by atoms with van der Waals surface area (Å²) < 4.78 is 0. The molecule has 0 saturated carbocycles. The zero-order valence-electron chi connectivity index (χ0n) is 12.1. The van der Waals surface area contributed by atoms with Crippen molar-refractivity contribution >= 4 is 0 Å². The summed E-state index contributed by atoms with van der Waals surface area (Å²) in [5.74, 6) is 5.74. The van der Waals surface area contributed by atoms with Gasteiger partial charge in [0.15, 0.2) is 0 Å². The second-order valence-electron chi connectivity index (χ2n) is 4.98. The van der Waals surface area contributed by atoms with E-state index >= 15 is 0 Å². The van der Waals surface area contributed by atoms with Crippen molar-refractivity contribution in [2.75, 3.05) is 0 Å². The fourth-order valence-electron chi connectivity index (χ4n) is 2.40. The molecule has 0 aliphatic rings. The molecular formula is C16H22N4. The minimum Gasteiger partial charge on any atom is -0.271 e. The van der Waals surface area contributed by atoms with Crippen LogP contribution < -0.4 is 11.3 Å². The summed E-state index contributed by atoms with van der Waals surface area (Å²) in [7, 11) is 0. The molecule has 0 saturated heterocycles. The topological polar surface area (TPSA) is 63.8 Å². The first-order valence-electron chi connectivity index (χ1n) is 7.07. The molecule has 1 unspecified atom stereocenters. The summed E-state index contributed by atoms with van der Waals surface area (Å²) in [6.07, 6.45) is 2.80. The molecule has 0 amide bonds. The fourth-order valence-corrected chi connectivity index (χ4v) is 2.40. The van der Waals surface area contributed by atoms with E-state index < -0.39 is 0 Å². The van der Waals surface area contributed by atoms with Gasteiger partial charge in [-0.05, 0) is 43.4 Å². The quantitative estimate of drug-likeness (QED) is 0.625. The fraction of sp³-hybridized carbons (Fsp3) is 0.375. The van der Waals surface area contributed by atoms with E-state index in [1.165, 1.54) is 11.1 Å². The number of nitrogens with two attached hydrogens (primary N) is 1. The van der Waals surface area contributed by atoms with Crippen LogP contribution in [-0.4, -0.2) is 10.2 Å². The zero-order valence-corrected chi connectivity index (χ0v) is 12.1. The third-order valence-corrected chi connectivity index (χ3v) is 3.50. The first-order valence-corrected chi connectivity index (χ1v) is 7.07. The largest absolute Gasteiger partial charge is 0.271 e. The average molecular weight is 270 g/mol. The predicted octanol–water partition coefficient (Wildman–Crippen LogP) is 2.48. The molecule has 1 aromatic heterocycles. The Bertz CT molecular complexity index is 539. The molecule has 2 aromatic rings. The van der Waals surface area contributed by atoms with Gasteiger partial charge in [0.05, 0.1) is 11.4 Å². The maximum absolute atomic E-state index is 5.74. The van der Waals surface area contributed by atoms with Crippen molar-refractivity contribution in [2.24, 2.45) is 5.84 Å². The monoisotopic (exact) mass is 270 g/mol. The minimum atomic E-state index is 0.111. The van der Waals surface area contributed by atoms with E-state index in [9.17, 15) is 0 Å². The highest BCUT2D eigenvalue weighted by Gasteiger charge is 2.15. The summed E-state index contributed by atoms with van der Waals surface area (Å²) in [4.78, 5) is 0. The lowest BCUT2D eigenvalue weighted by molar-refractivity contribution is 0.508. The Kier molecular flexibility index (Phi) is 5.21. The van der Waals surface area contributed by atoms with Gasteiger partial charge in [-0.3, -0.25) is 11.3 Å². The Balaban J connectivity index is 2.14. The van der Waals surface area contributed by atoms with Crippen molar-refractivity contribution in [1.82, 2.24) is 15.6 Å². The maximum Gasteiger partial charge on any atom is 0.0676 e. The van der Waals surface area contributed by atoms with Crippen molar-refractivity contribution in [3.8, 4) is 0 Å². The molecule has 3 N–H and O–H groups in total. The average Bonchev–Trinajstić information content (AvgIpc) is 2.49. The lowest BCUT2D eigenvalue weighted by atomic mass is 9.97. The molecule has 0 spiro atoms. The van der Waals surface area contributed by atoms with Crippen LogP contribution in [0.3, 0.4) is 0 Å². The van der Waals surface area contributed by atoms with E-state index in [0.717, 1.165) is 30.7 Å². The number of aromatic nitrogens is 2. The van der Waals surface area contributed by atoms with Crippen molar-refractivity contribution < 1.29 is 0 Å². The first kappa shape index (κ1) is 14.6. The Hall–Kier alpha value is -1.78. The molecule has 0 fully saturated rings. The van der Waals surface area contributed by atoms with Gasteiger partial charge < -0.3 is 0 Å². The van der Waals surface area contributed by atoms with Crippen molar-refractivity contribution in [2.45, 2.75) is 39.2 Å². The first-order chi connectivity index (χ1) is 9.74. The molecule has 106 valence electrons. The second kappa shape index (κ2) is 7.12. The molecule has 4 nitrogen and oxygen atoms in total. The van der Waals surface area contributed by atoms with Crippen LogP contribution in [0, 0.1) is 6.92 Å². The molecular weight excluding hydrogens is 248 g/mol. The van der Waals surface area contributed by atoms with Crippen LogP contribution >= 0.6 is 0 Å². The Labute approximate surface area is 120 Å². The number of rotatable bonds is 6. The van der Waals surface area contributed by atoms with Crippen molar-refractivity contribution in [1.29, 1.82) is 0 Å². The van der Waals surface area contributed by atoms with Crippen LogP contribution in [0.15, 0.2) is 36.4 Å². The SMILES string of the molecule is CCc1nnc(C)cc1C(CCc1ccccc1)NN. The number of nitrogens with one attached hydrogen (secondary N) is 1. The van der Waals surface area contributed by atoms with E-state index in [0.29, 0.717) is 0 Å². The molecule has 0 bridgehead atoms. The molecule has 1 heterocycles. The summed E-state index contributed by atoms with van der Waals surface area (Å²) in [6.45, 7) is 4.05. The molecule has 4 heteroatoms. The van der Waals surface area contributed by atoms with E-state index in [1.54, 1.807) is 0 Å². The van der Waals surface area contributed by atoms with Crippen LogP contribution in [0.2, 0.25) is 0 Å². The standard InChI is InChI=1S/C16H22N4/c1-3-15-14(11-12(2)19-20-15)16(18-17)10-9-13-7-5-4-6-8-13/h4-8,11,16,18H,3,9-10,17H2,1-2H3. The van der Waals surface area contributed by atoms with Gasteiger partial charge in [0.25, 0.3) is 0 Å². The molecule has 0 radical (unpaired) electrons. The Morgan fingerprint density at radius 1 is 1.20 bits per heavy atom. The lowest BCUT2D eigenvalue weighted by Crippen LogP contribution is -2.29. The molecule has 1 atom stereocenters. The number of nitrogens with zero attached hydrogens (tertiary/aromatic N) is 2. The van der Waals surface area contributed by atoms with Crippen LogP contribution in [-0.2, 0) is 12.8 Å². The number of aryl methyl sites for hydroxylation is 3. The summed E-state index contributed by atoms with van der Waals surface area (Å²) in [5.41, 5.74) is 7.36. The van der Waals surface area contributed by atoms with Gasteiger partial charge in [-0.1, -0.05) is 37.3 Å². The molecule has 1 aromatic carbocycles. The summed E-state index contributed by atoms with van der Waals surface area (Å²) in [6, 6.07) is 12.6. The van der Waals surface area contributed by atoms with Gasteiger partial charge in [-0.2, -0.15) is 10.2 Å². The van der Waals surface area contributed by atoms with Crippen LogP contribution in [0.5, 0.6) is 0 Å². The van der Waals surface area contributed by atoms with Gasteiger partial charge >= 0.3 is 0 Å². The van der Waals surface area contributed by atoms with Crippen molar-refractivity contribution in [3.63, 3.8) is 0 Å². The molecule has 2 rings (SSSR count). The van der Waals surface area contributed by atoms with Crippen LogP contribution in [0.25, 0.3) is 0 Å². The zero-order chi connectivity index (χ0) is 14.4. The lowest BCUT2D eigenvalue weighted by Gasteiger charge is -2.19. The molecule has 0 aliphatic heterocycles. The second-order valence-corrected chi connectivity index (χ2v) is 4.98. The highest BCUT2D eigenvalue weighted by Crippen LogP contribution is 2.21. The Morgan fingerprint density at radius 2 is 1.95 bits per heavy atom. The molecule has 0 aliphatic carbocycles. The van der Waals surface area contributed by atoms with E-state index in [-0.39, 0.29) is 6.04 Å². The van der Waals surface area contributed by atoms with Crippen LogP contribution in [0.4, 0.5) is 0 Å². The normalized spacial score (nSPS) is 12.3. The predicted molar refractivity (Wildman–Crippen MR) is 81.0 cm³/mol. The number of hydrazine groups is 1. The van der Waals surface area contributed by atoms with Gasteiger partial charge in [-0.15, -0.1) is 0 Å². The van der Waals surface area contributed by atoms with E-state index in [1.807, 2.05) is 13.0 Å². The summed E-state index contributed by atoms with van der Waals surface area (Å²) in [5, 5.41) is 8.40. The van der Waals surface area contributed by atoms with Gasteiger partial charge in [0.1, 0.15) is 0 Å². The smallest absolute Gasteiger partial charge is 0.0676 e. The van der Waals surface area contributed by atoms with Crippen LogP contribution in [0.1, 0.15) is 41.9 Å². The van der Waals surface area contributed by atoms with Gasteiger partial charge in [-0.25, -0.2) is 0 Å². The van der Waals surface area contributed by atoms with E-state index in [4.69, 9.17) is 5.84 Å². The highest BCUT2D eigenvalue weighted by molar-refractivity contribution is 5.25. The third-order valence-electron chi connectivity index (χ3n) is 3.50. The minimum absolute atomic E-state index is 0.111. The molecule has 20 heavy (non-hydrogen) atoms. The number of hydrogen-bond donors (Lipinski definition) is 2. The number of hydrogen-bond acceptors (Lipinski definition) is 4. The summed E-state index contributed by atoms with van der Waals surface area (Å²) >= 11 is 0. The Morgan fingerprint density at radius 3 is 2.60 bits per heavy atom. The van der Waals surface area contributed by atoms with Gasteiger partial charge in [0, 0.05) is 6.04 Å². The number of benzene rings is 1. The van der Waals surface area contributed by atoms with Crippen molar-refractivity contribution in [3.05, 3.63) is 58.9 Å². The van der Waals surface area contributed by atoms with E-state index in [2.05, 4.69) is 52.9 Å².